The zero-order valence-corrected chi connectivity index (χ0v) is 11.5. The number of hydrogen-bond donors (Lipinski definition) is 1. The number of nitriles is 1. The van der Waals surface area contributed by atoms with Crippen molar-refractivity contribution < 1.29 is 0 Å². The fraction of sp³-hybridized carbons (Fsp3) is 0.235. The van der Waals surface area contributed by atoms with Crippen LogP contribution in [0.15, 0.2) is 48.5 Å². The van der Waals surface area contributed by atoms with Crippen molar-refractivity contribution in [2.45, 2.75) is 19.5 Å². The number of anilines is 2. The monoisotopic (exact) mass is 263 g/mol. The number of fused-ring (bicyclic) bond motifs is 1. The molecule has 1 aliphatic heterocycles. The van der Waals surface area contributed by atoms with Gasteiger partial charge in [-0.3, -0.25) is 0 Å². The van der Waals surface area contributed by atoms with Gasteiger partial charge in [0.25, 0.3) is 0 Å². The quantitative estimate of drug-likeness (QED) is 0.858. The summed E-state index contributed by atoms with van der Waals surface area (Å²) in [5.74, 6) is 0. The minimum Gasteiger partial charge on any atom is -0.339 e. The lowest BCUT2D eigenvalue weighted by Gasteiger charge is -2.27. The predicted octanol–water partition coefficient (Wildman–Crippen LogP) is 3.19. The molecule has 0 saturated heterocycles. The van der Waals surface area contributed by atoms with Crippen LogP contribution < -0.4 is 10.2 Å². The Hall–Kier alpha value is -2.31. The highest BCUT2D eigenvalue weighted by Crippen LogP contribution is 2.32. The molecule has 1 unspecified atom stereocenters. The molecule has 3 heteroatoms. The van der Waals surface area contributed by atoms with E-state index in [-0.39, 0.29) is 0 Å². The summed E-state index contributed by atoms with van der Waals surface area (Å²) in [5, 5.41) is 12.9. The van der Waals surface area contributed by atoms with Gasteiger partial charge in [-0.2, -0.15) is 5.26 Å². The summed E-state index contributed by atoms with van der Waals surface area (Å²) in [6.45, 7) is 3.89. The smallest absolute Gasteiger partial charge is 0.101 e. The van der Waals surface area contributed by atoms with E-state index in [9.17, 15) is 5.26 Å². The van der Waals surface area contributed by atoms with Crippen molar-refractivity contribution in [3.63, 3.8) is 0 Å². The van der Waals surface area contributed by atoms with Gasteiger partial charge in [0, 0.05) is 24.8 Å². The van der Waals surface area contributed by atoms with Gasteiger partial charge in [-0.15, -0.1) is 0 Å². The lowest BCUT2D eigenvalue weighted by Crippen LogP contribution is -2.33. The maximum atomic E-state index is 9.34. The number of nitrogens with zero attached hydrogens (tertiary/aromatic N) is 2. The molecule has 1 N–H and O–H groups in total. The van der Waals surface area contributed by atoms with Gasteiger partial charge in [-0.1, -0.05) is 30.3 Å². The Labute approximate surface area is 119 Å². The number of nitrogens with one attached hydrogen (secondary N) is 1. The van der Waals surface area contributed by atoms with E-state index in [0.29, 0.717) is 6.04 Å². The van der Waals surface area contributed by atoms with E-state index < -0.39 is 0 Å². The number of hydrogen-bond acceptors (Lipinski definition) is 3. The molecule has 1 atom stereocenters. The fourth-order valence-corrected chi connectivity index (χ4v) is 2.68. The van der Waals surface area contributed by atoms with Gasteiger partial charge in [0.05, 0.1) is 11.3 Å². The van der Waals surface area contributed by atoms with Crippen LogP contribution in [0.25, 0.3) is 0 Å². The first kappa shape index (κ1) is 12.7. The summed E-state index contributed by atoms with van der Waals surface area (Å²) in [5.41, 5.74) is 4.16. The van der Waals surface area contributed by atoms with E-state index in [1.165, 1.54) is 11.3 Å². The summed E-state index contributed by atoms with van der Waals surface area (Å²) >= 11 is 0. The molecule has 0 fully saturated rings. The summed E-state index contributed by atoms with van der Waals surface area (Å²) in [6, 6.07) is 18.8. The first-order valence-corrected chi connectivity index (χ1v) is 6.87. The van der Waals surface area contributed by atoms with Crippen molar-refractivity contribution in [3.8, 4) is 6.07 Å². The summed E-state index contributed by atoms with van der Waals surface area (Å²) in [4.78, 5) is 2.25. The highest BCUT2D eigenvalue weighted by Gasteiger charge is 2.21. The van der Waals surface area contributed by atoms with Gasteiger partial charge in [0.15, 0.2) is 0 Å². The molecular weight excluding hydrogens is 246 g/mol. The van der Waals surface area contributed by atoms with Gasteiger partial charge in [0.1, 0.15) is 6.07 Å². The molecule has 0 bridgehead atoms. The van der Waals surface area contributed by atoms with Crippen LogP contribution >= 0.6 is 0 Å². The van der Waals surface area contributed by atoms with Crippen LogP contribution in [-0.2, 0) is 6.54 Å². The summed E-state index contributed by atoms with van der Waals surface area (Å²) in [7, 11) is 0. The average molecular weight is 263 g/mol. The molecular formula is C17H17N3. The van der Waals surface area contributed by atoms with Crippen LogP contribution in [0, 0.1) is 11.3 Å². The van der Waals surface area contributed by atoms with E-state index in [0.717, 1.165) is 24.3 Å². The number of rotatable bonds is 1. The Morgan fingerprint density at radius 3 is 2.60 bits per heavy atom. The normalized spacial score (nSPS) is 18.0. The third kappa shape index (κ3) is 2.26. The molecule has 0 aromatic heterocycles. The van der Waals surface area contributed by atoms with Gasteiger partial charge in [0.2, 0.25) is 0 Å². The molecule has 2 aromatic carbocycles. The highest BCUT2D eigenvalue weighted by molar-refractivity contribution is 5.72. The second-order valence-electron chi connectivity index (χ2n) is 5.15. The molecule has 100 valence electrons. The van der Waals surface area contributed by atoms with Crippen molar-refractivity contribution in [1.29, 1.82) is 5.26 Å². The number of benzene rings is 2. The standard InChI is InChI=1S/C17H17N3/c1-13-12-20(16-8-4-2-6-14(16)10-18)17-9-5-3-7-15(17)11-19-13/h2-9,13,19H,11-12H2,1H3. The van der Waals surface area contributed by atoms with Crippen LogP contribution in [0.4, 0.5) is 11.4 Å². The van der Waals surface area contributed by atoms with Gasteiger partial charge >= 0.3 is 0 Å². The molecule has 0 amide bonds. The Bertz CT molecular complexity index is 657. The highest BCUT2D eigenvalue weighted by atomic mass is 15.2. The maximum Gasteiger partial charge on any atom is 0.101 e. The molecule has 0 radical (unpaired) electrons. The third-order valence-corrected chi connectivity index (χ3v) is 3.70. The minimum absolute atomic E-state index is 0.370. The minimum atomic E-state index is 0.370. The molecule has 0 spiro atoms. The molecule has 0 saturated carbocycles. The van der Waals surface area contributed by atoms with E-state index in [1.807, 2.05) is 24.3 Å². The Morgan fingerprint density at radius 2 is 1.80 bits per heavy atom. The zero-order valence-electron chi connectivity index (χ0n) is 11.5. The third-order valence-electron chi connectivity index (χ3n) is 3.70. The molecule has 20 heavy (non-hydrogen) atoms. The van der Waals surface area contributed by atoms with E-state index in [4.69, 9.17) is 0 Å². The first-order valence-electron chi connectivity index (χ1n) is 6.87. The average Bonchev–Trinajstić information content (AvgIpc) is 2.67. The SMILES string of the molecule is CC1CN(c2ccccc2C#N)c2ccccc2CN1. The molecule has 3 rings (SSSR count). The maximum absolute atomic E-state index is 9.34. The van der Waals surface area contributed by atoms with Crippen molar-refractivity contribution in [2.24, 2.45) is 0 Å². The van der Waals surface area contributed by atoms with Crippen LogP contribution in [0.5, 0.6) is 0 Å². The van der Waals surface area contributed by atoms with Gasteiger partial charge < -0.3 is 10.2 Å². The van der Waals surface area contributed by atoms with E-state index >= 15 is 0 Å². The summed E-state index contributed by atoms with van der Waals surface area (Å²) in [6.07, 6.45) is 0. The summed E-state index contributed by atoms with van der Waals surface area (Å²) < 4.78 is 0. The van der Waals surface area contributed by atoms with E-state index in [2.05, 4.69) is 47.5 Å². The Balaban J connectivity index is 2.14. The van der Waals surface area contributed by atoms with Crippen molar-refractivity contribution >= 4 is 11.4 Å². The van der Waals surface area contributed by atoms with Gasteiger partial charge in [-0.05, 0) is 30.7 Å². The van der Waals surface area contributed by atoms with Gasteiger partial charge in [-0.25, -0.2) is 0 Å². The lowest BCUT2D eigenvalue weighted by molar-refractivity contribution is 0.568. The van der Waals surface area contributed by atoms with Crippen LogP contribution in [0.1, 0.15) is 18.1 Å². The van der Waals surface area contributed by atoms with Crippen molar-refractivity contribution in [2.75, 3.05) is 11.4 Å². The van der Waals surface area contributed by atoms with Crippen molar-refractivity contribution in [1.82, 2.24) is 5.32 Å². The van der Waals surface area contributed by atoms with Crippen LogP contribution in [0.2, 0.25) is 0 Å². The van der Waals surface area contributed by atoms with Crippen LogP contribution in [0.3, 0.4) is 0 Å². The van der Waals surface area contributed by atoms with Crippen molar-refractivity contribution in [3.05, 3.63) is 59.7 Å². The molecule has 0 aliphatic carbocycles. The Morgan fingerprint density at radius 1 is 1.10 bits per heavy atom. The second kappa shape index (κ2) is 5.36. The second-order valence-corrected chi connectivity index (χ2v) is 5.15. The molecule has 2 aromatic rings. The molecule has 3 nitrogen and oxygen atoms in total. The lowest BCUT2D eigenvalue weighted by atomic mass is 10.1. The first-order chi connectivity index (χ1) is 9.79. The topological polar surface area (TPSA) is 39.1 Å². The predicted molar refractivity (Wildman–Crippen MR) is 80.9 cm³/mol. The fourth-order valence-electron chi connectivity index (χ4n) is 2.68. The zero-order chi connectivity index (χ0) is 13.9. The van der Waals surface area contributed by atoms with E-state index in [1.54, 1.807) is 0 Å². The van der Waals surface area contributed by atoms with Crippen LogP contribution in [-0.4, -0.2) is 12.6 Å². The molecule has 1 aliphatic rings. The molecule has 1 heterocycles. The Kier molecular flexibility index (Phi) is 3.41. The number of para-hydroxylation sites is 2. The largest absolute Gasteiger partial charge is 0.339 e.